The molecule has 6 heteroatoms. The highest BCUT2D eigenvalue weighted by Gasteiger charge is 2.38. The topological polar surface area (TPSA) is 70.1 Å². The molecule has 4 atom stereocenters. The van der Waals surface area contributed by atoms with Gasteiger partial charge in [0.25, 0.3) is 0 Å². The van der Waals surface area contributed by atoms with Crippen LogP contribution in [0.3, 0.4) is 0 Å². The molecule has 17 heavy (non-hydrogen) atoms. The fraction of sp³-hybridized carbons (Fsp3) is 0.636. The highest BCUT2D eigenvalue weighted by molar-refractivity contribution is 5.26. The minimum absolute atomic E-state index is 0.0301. The van der Waals surface area contributed by atoms with Crippen molar-refractivity contribution < 1.29 is 9.13 Å². The van der Waals surface area contributed by atoms with Crippen molar-refractivity contribution in [1.82, 2.24) is 9.55 Å². The van der Waals surface area contributed by atoms with Gasteiger partial charge in [0.05, 0.1) is 12.3 Å². The molecule has 1 fully saturated rings. The van der Waals surface area contributed by atoms with Crippen molar-refractivity contribution in [2.45, 2.75) is 33.1 Å². The van der Waals surface area contributed by atoms with E-state index < -0.39 is 17.7 Å². The number of hydrogen-bond acceptors (Lipinski definition) is 4. The third-order valence-corrected chi connectivity index (χ3v) is 3.58. The first-order valence-electron chi connectivity index (χ1n) is 5.61. The molecule has 0 spiro atoms. The molecule has 2 rings (SSSR count). The van der Waals surface area contributed by atoms with Gasteiger partial charge in [0.1, 0.15) is 6.23 Å². The highest BCUT2D eigenvalue weighted by Crippen LogP contribution is 2.37. The molecule has 1 aliphatic rings. The zero-order valence-electron chi connectivity index (χ0n) is 10.1. The van der Waals surface area contributed by atoms with E-state index in [-0.39, 0.29) is 17.8 Å². The predicted octanol–water partition coefficient (Wildman–Crippen LogP) is 1.15. The number of hydrogen-bond donors (Lipinski definition) is 1. The Bertz CT molecular complexity index is 488. The molecule has 0 amide bonds. The fourth-order valence-corrected chi connectivity index (χ4v) is 2.11. The van der Waals surface area contributed by atoms with Gasteiger partial charge < -0.3 is 10.5 Å². The van der Waals surface area contributed by atoms with Crippen molar-refractivity contribution in [2.75, 3.05) is 5.73 Å². The van der Waals surface area contributed by atoms with Crippen LogP contribution in [0.4, 0.5) is 10.2 Å². The number of nitrogen functional groups attached to an aromatic ring is 1. The van der Waals surface area contributed by atoms with E-state index in [1.807, 2.05) is 20.8 Å². The molecule has 0 bridgehead atoms. The maximum Gasteiger partial charge on any atom is 0.351 e. The van der Waals surface area contributed by atoms with Crippen LogP contribution in [0.5, 0.6) is 0 Å². The summed E-state index contributed by atoms with van der Waals surface area (Å²) < 4.78 is 20.2. The zero-order valence-corrected chi connectivity index (χ0v) is 10.1. The van der Waals surface area contributed by atoms with Gasteiger partial charge in [-0.3, -0.25) is 4.57 Å². The maximum absolute atomic E-state index is 13.3. The Hall–Kier alpha value is -1.43. The van der Waals surface area contributed by atoms with Crippen LogP contribution >= 0.6 is 0 Å². The van der Waals surface area contributed by atoms with Gasteiger partial charge in [0.15, 0.2) is 11.6 Å². The smallest absolute Gasteiger partial charge is 0.351 e. The maximum atomic E-state index is 13.3. The Balaban J connectivity index is 2.42. The van der Waals surface area contributed by atoms with Crippen molar-refractivity contribution in [3.63, 3.8) is 0 Å². The van der Waals surface area contributed by atoms with Crippen LogP contribution in [-0.4, -0.2) is 15.7 Å². The molecule has 1 unspecified atom stereocenters. The first-order chi connectivity index (χ1) is 7.91. The first-order valence-corrected chi connectivity index (χ1v) is 5.61. The summed E-state index contributed by atoms with van der Waals surface area (Å²) in [7, 11) is 0. The van der Waals surface area contributed by atoms with E-state index >= 15 is 0 Å². The predicted molar refractivity (Wildman–Crippen MR) is 60.8 cm³/mol. The number of rotatable bonds is 1. The molecule has 2 N–H and O–H groups in total. The Morgan fingerprint density at radius 1 is 1.41 bits per heavy atom. The number of ether oxygens (including phenoxy) is 1. The number of anilines is 1. The van der Waals surface area contributed by atoms with Gasteiger partial charge in [-0.25, -0.2) is 9.18 Å². The average Bonchev–Trinajstić information content (AvgIpc) is 2.51. The molecule has 5 nitrogen and oxygen atoms in total. The van der Waals surface area contributed by atoms with Crippen LogP contribution in [0.15, 0.2) is 11.0 Å². The number of halogens is 1. The summed E-state index contributed by atoms with van der Waals surface area (Å²) in [6.45, 7) is 5.95. The van der Waals surface area contributed by atoms with Crippen LogP contribution in [0.1, 0.15) is 27.0 Å². The summed E-state index contributed by atoms with van der Waals surface area (Å²) >= 11 is 0. The van der Waals surface area contributed by atoms with Gasteiger partial charge in [-0.2, -0.15) is 4.98 Å². The highest BCUT2D eigenvalue weighted by atomic mass is 19.1. The van der Waals surface area contributed by atoms with Crippen LogP contribution in [0.2, 0.25) is 0 Å². The van der Waals surface area contributed by atoms with E-state index in [0.717, 1.165) is 6.20 Å². The molecule has 1 aliphatic heterocycles. The Morgan fingerprint density at radius 2 is 2.06 bits per heavy atom. The van der Waals surface area contributed by atoms with Crippen LogP contribution in [-0.2, 0) is 4.74 Å². The number of nitrogens with two attached hydrogens (primary N) is 1. The zero-order chi connectivity index (χ0) is 12.7. The van der Waals surface area contributed by atoms with E-state index in [9.17, 15) is 9.18 Å². The van der Waals surface area contributed by atoms with Gasteiger partial charge >= 0.3 is 5.69 Å². The quantitative estimate of drug-likeness (QED) is 0.800. The molecule has 1 saturated heterocycles. The lowest BCUT2D eigenvalue weighted by Gasteiger charge is -2.18. The Kier molecular flexibility index (Phi) is 2.91. The van der Waals surface area contributed by atoms with Gasteiger partial charge in [-0.15, -0.1) is 0 Å². The van der Waals surface area contributed by atoms with E-state index in [2.05, 4.69) is 4.98 Å². The minimum atomic E-state index is -0.701. The van der Waals surface area contributed by atoms with Crippen molar-refractivity contribution in [2.24, 2.45) is 11.8 Å². The van der Waals surface area contributed by atoms with Crippen molar-refractivity contribution >= 4 is 5.82 Å². The van der Waals surface area contributed by atoms with Crippen molar-refractivity contribution in [3.05, 3.63) is 22.5 Å². The minimum Gasteiger partial charge on any atom is -0.381 e. The summed E-state index contributed by atoms with van der Waals surface area (Å²) in [6, 6.07) is 0. The molecule has 1 aromatic rings. The standard InChI is InChI=1S/C11H16FN3O2/c1-5-6(2)10(17-7(5)3)15-4-8(12)9(13)14-11(15)16/h4-7,10H,1-3H3,(H2,13,14,16)/t5?,6-,7+,10+/m0/s1. The van der Waals surface area contributed by atoms with Gasteiger partial charge in [0.2, 0.25) is 0 Å². The van der Waals surface area contributed by atoms with E-state index in [1.54, 1.807) is 0 Å². The number of aromatic nitrogens is 2. The molecule has 0 saturated carbocycles. The summed E-state index contributed by atoms with van der Waals surface area (Å²) in [5.74, 6) is -0.661. The van der Waals surface area contributed by atoms with Gasteiger partial charge in [-0.1, -0.05) is 13.8 Å². The number of nitrogens with zero attached hydrogens (tertiary/aromatic N) is 2. The Labute approximate surface area is 98.4 Å². The van der Waals surface area contributed by atoms with Gasteiger partial charge in [0, 0.05) is 5.92 Å². The van der Waals surface area contributed by atoms with E-state index in [4.69, 9.17) is 10.5 Å². The lowest BCUT2D eigenvalue weighted by Crippen LogP contribution is -2.30. The summed E-state index contributed by atoms with van der Waals surface area (Å²) in [5, 5.41) is 0. The normalized spacial score (nSPS) is 32.9. The van der Waals surface area contributed by atoms with E-state index in [1.165, 1.54) is 4.57 Å². The lowest BCUT2D eigenvalue weighted by atomic mass is 9.93. The van der Waals surface area contributed by atoms with Crippen LogP contribution in [0, 0.1) is 17.7 Å². The summed E-state index contributed by atoms with van der Waals surface area (Å²) in [4.78, 5) is 15.1. The van der Waals surface area contributed by atoms with Crippen LogP contribution in [0.25, 0.3) is 0 Å². The molecule has 0 aliphatic carbocycles. The molecule has 94 valence electrons. The van der Waals surface area contributed by atoms with Crippen LogP contribution < -0.4 is 11.4 Å². The van der Waals surface area contributed by atoms with Crippen molar-refractivity contribution in [3.8, 4) is 0 Å². The Morgan fingerprint density at radius 3 is 2.59 bits per heavy atom. The second kappa shape index (κ2) is 4.10. The average molecular weight is 241 g/mol. The molecule has 2 heterocycles. The molecule has 0 radical (unpaired) electrons. The molecule has 0 aromatic carbocycles. The molecular formula is C11H16FN3O2. The van der Waals surface area contributed by atoms with E-state index in [0.29, 0.717) is 5.92 Å². The SMILES string of the molecule is CC1[C@@H](C)O[C@@H](n2cc(F)c(N)nc2=O)[C@H]1C. The monoisotopic (exact) mass is 241 g/mol. The van der Waals surface area contributed by atoms with Crippen molar-refractivity contribution in [1.29, 1.82) is 0 Å². The lowest BCUT2D eigenvalue weighted by molar-refractivity contribution is -0.00803. The second-order valence-corrected chi connectivity index (χ2v) is 4.61. The summed E-state index contributed by atoms with van der Waals surface area (Å²) in [5.41, 5.74) is 4.66. The third kappa shape index (κ3) is 1.93. The fourth-order valence-electron chi connectivity index (χ4n) is 2.11. The van der Waals surface area contributed by atoms with Gasteiger partial charge in [-0.05, 0) is 12.8 Å². The molecule has 1 aromatic heterocycles. The molecular weight excluding hydrogens is 225 g/mol. The largest absolute Gasteiger partial charge is 0.381 e. The third-order valence-electron chi connectivity index (χ3n) is 3.58. The second-order valence-electron chi connectivity index (χ2n) is 4.61. The summed E-state index contributed by atoms with van der Waals surface area (Å²) in [6.07, 6.45) is 0.619. The first kappa shape index (κ1) is 12.0.